The van der Waals surface area contributed by atoms with E-state index >= 15 is 0 Å². The molecule has 0 aliphatic carbocycles. The van der Waals surface area contributed by atoms with Crippen LogP contribution in [0.5, 0.6) is 0 Å². The summed E-state index contributed by atoms with van der Waals surface area (Å²) >= 11 is 1.62. The Morgan fingerprint density at radius 2 is 2.19 bits per heavy atom. The molecule has 2 rings (SSSR count). The number of hydrogen-bond donors (Lipinski definition) is 2. The first-order chi connectivity index (χ1) is 10.1. The first kappa shape index (κ1) is 15.3. The second-order valence-electron chi connectivity index (χ2n) is 4.65. The van der Waals surface area contributed by atoms with Crippen LogP contribution < -0.4 is 5.32 Å². The highest BCUT2D eigenvalue weighted by Crippen LogP contribution is 2.20. The van der Waals surface area contributed by atoms with Gasteiger partial charge in [-0.1, -0.05) is 24.0 Å². The number of carbonyl (C=O) groups excluding carboxylic acids is 1. The highest BCUT2D eigenvalue weighted by atomic mass is 32.1. The van der Waals surface area contributed by atoms with Gasteiger partial charge in [0.2, 0.25) is 0 Å². The Morgan fingerprint density at radius 3 is 2.86 bits per heavy atom. The smallest absolute Gasteiger partial charge is 0.252 e. The minimum absolute atomic E-state index is 0.0240. The average molecular weight is 299 g/mol. The predicted octanol–water partition coefficient (Wildman–Crippen LogP) is 2.89. The number of rotatable bonds is 3. The van der Waals surface area contributed by atoms with Gasteiger partial charge in [0.05, 0.1) is 6.04 Å². The maximum Gasteiger partial charge on any atom is 0.252 e. The van der Waals surface area contributed by atoms with Gasteiger partial charge in [0.1, 0.15) is 6.61 Å². The van der Waals surface area contributed by atoms with Gasteiger partial charge in [-0.15, -0.1) is 11.3 Å². The molecule has 0 aliphatic rings. The monoisotopic (exact) mass is 299 g/mol. The molecule has 108 valence electrons. The van der Waals surface area contributed by atoms with Crippen molar-refractivity contribution in [3.05, 3.63) is 57.3 Å². The summed E-state index contributed by atoms with van der Waals surface area (Å²) in [5, 5.41) is 13.8. The van der Waals surface area contributed by atoms with Crippen molar-refractivity contribution < 1.29 is 9.90 Å². The van der Waals surface area contributed by atoms with E-state index in [0.29, 0.717) is 5.56 Å². The second-order valence-corrected chi connectivity index (χ2v) is 5.63. The van der Waals surface area contributed by atoms with E-state index in [1.165, 1.54) is 0 Å². The molecule has 1 unspecified atom stereocenters. The topological polar surface area (TPSA) is 49.3 Å². The SMILES string of the molecule is Cc1c(C#CCO)cccc1C(=O)NC(C)c1cccs1. The number of benzene rings is 1. The van der Waals surface area contributed by atoms with E-state index in [0.717, 1.165) is 16.0 Å². The average Bonchev–Trinajstić information content (AvgIpc) is 3.00. The van der Waals surface area contributed by atoms with E-state index in [1.54, 1.807) is 23.5 Å². The van der Waals surface area contributed by atoms with Crippen molar-refractivity contribution in [3.8, 4) is 11.8 Å². The number of thiophene rings is 1. The number of aliphatic hydroxyl groups is 1. The molecule has 0 aliphatic heterocycles. The van der Waals surface area contributed by atoms with Gasteiger partial charge in [-0.2, -0.15) is 0 Å². The minimum atomic E-state index is -0.189. The van der Waals surface area contributed by atoms with Crippen LogP contribution in [0.25, 0.3) is 0 Å². The Labute approximate surface area is 128 Å². The minimum Gasteiger partial charge on any atom is -0.384 e. The summed E-state index contributed by atoms with van der Waals surface area (Å²) in [5.74, 6) is 5.36. The number of hydrogen-bond acceptors (Lipinski definition) is 3. The number of aliphatic hydroxyl groups excluding tert-OH is 1. The van der Waals surface area contributed by atoms with Crippen LogP contribution in [0.1, 0.15) is 39.3 Å². The van der Waals surface area contributed by atoms with E-state index in [2.05, 4.69) is 17.2 Å². The van der Waals surface area contributed by atoms with Crippen LogP contribution in [0.15, 0.2) is 35.7 Å². The molecule has 0 spiro atoms. The fourth-order valence-electron chi connectivity index (χ4n) is 2.03. The maximum atomic E-state index is 12.4. The Balaban J connectivity index is 2.19. The van der Waals surface area contributed by atoms with Crippen molar-refractivity contribution in [3.63, 3.8) is 0 Å². The molecule has 1 amide bonds. The van der Waals surface area contributed by atoms with E-state index in [4.69, 9.17) is 5.11 Å². The summed E-state index contributed by atoms with van der Waals surface area (Å²) in [4.78, 5) is 13.5. The molecule has 0 radical (unpaired) electrons. The van der Waals surface area contributed by atoms with E-state index in [9.17, 15) is 4.79 Å². The summed E-state index contributed by atoms with van der Waals surface area (Å²) < 4.78 is 0. The lowest BCUT2D eigenvalue weighted by molar-refractivity contribution is 0.0940. The molecule has 3 nitrogen and oxygen atoms in total. The molecular formula is C17H17NO2S. The van der Waals surface area contributed by atoms with Crippen LogP contribution in [0.2, 0.25) is 0 Å². The Morgan fingerprint density at radius 1 is 1.38 bits per heavy atom. The molecule has 0 saturated heterocycles. The standard InChI is InChI=1S/C17H17NO2S/c1-12-14(7-4-10-19)6-3-8-15(12)17(20)18-13(2)16-9-5-11-21-16/h3,5-6,8-9,11,13,19H,10H2,1-2H3,(H,18,20). The normalized spacial score (nSPS) is 11.4. The van der Waals surface area contributed by atoms with Crippen molar-refractivity contribution in [1.82, 2.24) is 5.32 Å². The molecule has 0 saturated carbocycles. The number of nitrogens with one attached hydrogen (secondary N) is 1. The lowest BCUT2D eigenvalue weighted by atomic mass is 10.0. The van der Waals surface area contributed by atoms with Gasteiger partial charge in [0.25, 0.3) is 5.91 Å². The Kier molecular flexibility index (Phi) is 5.15. The molecule has 2 N–H and O–H groups in total. The van der Waals surface area contributed by atoms with Gasteiger partial charge in [-0.3, -0.25) is 4.79 Å². The van der Waals surface area contributed by atoms with E-state index in [1.807, 2.05) is 37.4 Å². The molecule has 1 aromatic heterocycles. The molecule has 0 bridgehead atoms. The molecule has 2 aromatic rings. The van der Waals surface area contributed by atoms with Crippen molar-refractivity contribution in [2.45, 2.75) is 19.9 Å². The summed E-state index contributed by atoms with van der Waals surface area (Å²) in [5.41, 5.74) is 2.21. The largest absolute Gasteiger partial charge is 0.384 e. The van der Waals surface area contributed by atoms with E-state index in [-0.39, 0.29) is 18.6 Å². The van der Waals surface area contributed by atoms with Gasteiger partial charge in [0.15, 0.2) is 0 Å². The third kappa shape index (κ3) is 3.72. The lowest BCUT2D eigenvalue weighted by Gasteiger charge is -2.14. The van der Waals surface area contributed by atoms with Gasteiger partial charge >= 0.3 is 0 Å². The van der Waals surface area contributed by atoms with Gasteiger partial charge in [-0.25, -0.2) is 0 Å². The fraction of sp³-hybridized carbons (Fsp3) is 0.235. The zero-order valence-corrected chi connectivity index (χ0v) is 12.8. The zero-order chi connectivity index (χ0) is 15.2. The molecule has 0 fully saturated rings. The van der Waals surface area contributed by atoms with Crippen molar-refractivity contribution in [1.29, 1.82) is 0 Å². The molecular weight excluding hydrogens is 282 g/mol. The number of amides is 1. The first-order valence-electron chi connectivity index (χ1n) is 6.67. The quantitative estimate of drug-likeness (QED) is 0.856. The highest BCUT2D eigenvalue weighted by Gasteiger charge is 2.14. The fourth-order valence-corrected chi connectivity index (χ4v) is 2.77. The van der Waals surface area contributed by atoms with Gasteiger partial charge < -0.3 is 10.4 Å². The number of carbonyl (C=O) groups is 1. The summed E-state index contributed by atoms with van der Waals surface area (Å²) in [7, 11) is 0. The summed E-state index contributed by atoms with van der Waals surface area (Å²) in [6, 6.07) is 9.39. The van der Waals surface area contributed by atoms with Crippen molar-refractivity contribution in [2.75, 3.05) is 6.61 Å². The predicted molar refractivity (Wildman–Crippen MR) is 85.3 cm³/mol. The first-order valence-corrected chi connectivity index (χ1v) is 7.55. The van der Waals surface area contributed by atoms with Crippen LogP contribution >= 0.6 is 11.3 Å². The van der Waals surface area contributed by atoms with Gasteiger partial charge in [-0.05, 0) is 43.0 Å². The summed E-state index contributed by atoms with van der Waals surface area (Å²) in [6.45, 7) is 3.64. The van der Waals surface area contributed by atoms with Gasteiger partial charge in [0, 0.05) is 16.0 Å². The highest BCUT2D eigenvalue weighted by molar-refractivity contribution is 7.10. The van der Waals surface area contributed by atoms with Crippen LogP contribution in [-0.2, 0) is 0 Å². The third-order valence-electron chi connectivity index (χ3n) is 3.20. The molecule has 4 heteroatoms. The summed E-state index contributed by atoms with van der Waals surface area (Å²) in [6.07, 6.45) is 0. The second kappa shape index (κ2) is 7.07. The van der Waals surface area contributed by atoms with Crippen LogP contribution in [0.4, 0.5) is 0 Å². The molecule has 21 heavy (non-hydrogen) atoms. The Bertz CT molecular complexity index is 681. The molecule has 1 atom stereocenters. The third-order valence-corrected chi connectivity index (χ3v) is 4.25. The Hall–Kier alpha value is -2.09. The van der Waals surface area contributed by atoms with Crippen LogP contribution in [0, 0.1) is 18.8 Å². The van der Waals surface area contributed by atoms with Crippen molar-refractivity contribution >= 4 is 17.2 Å². The van der Waals surface area contributed by atoms with Crippen LogP contribution in [0.3, 0.4) is 0 Å². The lowest BCUT2D eigenvalue weighted by Crippen LogP contribution is -2.26. The molecule has 1 heterocycles. The van der Waals surface area contributed by atoms with E-state index < -0.39 is 0 Å². The molecule has 1 aromatic carbocycles. The zero-order valence-electron chi connectivity index (χ0n) is 12.0. The maximum absolute atomic E-state index is 12.4. The van der Waals surface area contributed by atoms with Crippen LogP contribution in [-0.4, -0.2) is 17.6 Å². The van der Waals surface area contributed by atoms with Crippen molar-refractivity contribution in [2.24, 2.45) is 0 Å².